The minimum Gasteiger partial charge on any atom is -0.480 e. The number of hydrogen-bond donors (Lipinski definition) is 2. The minimum absolute atomic E-state index is 0.299. The summed E-state index contributed by atoms with van der Waals surface area (Å²) in [7, 11) is 0. The topological polar surface area (TPSA) is 196 Å². The summed E-state index contributed by atoms with van der Waals surface area (Å²) in [5, 5.41) is 11.0. The smallest absolute Gasteiger partial charge is 0.329 e. The maximum absolute atomic E-state index is 11.4. The molecule has 1 atom stereocenters. The number of carboxylic acid groups (broad SMARTS) is 1. The molecule has 0 aromatic carbocycles. The number of rotatable bonds is 46. The zero-order valence-corrected chi connectivity index (χ0v) is 32.3. The third kappa shape index (κ3) is 46.5. The van der Waals surface area contributed by atoms with Crippen LogP contribution in [0.2, 0.25) is 0 Å². The predicted octanol–water partition coefficient (Wildman–Crippen LogP) is 0.466. The van der Waals surface area contributed by atoms with Crippen LogP contribution in [0, 0.1) is 5.92 Å². The summed E-state index contributed by atoms with van der Waals surface area (Å²) in [6.07, 6.45) is 1.13. The van der Waals surface area contributed by atoms with Crippen molar-refractivity contribution in [3.05, 3.63) is 0 Å². The minimum atomic E-state index is -1.12. The van der Waals surface area contributed by atoms with Crippen LogP contribution in [-0.2, 0) is 75.9 Å². The van der Waals surface area contributed by atoms with E-state index in [0.29, 0.717) is 178 Å². The summed E-state index contributed by atoms with van der Waals surface area (Å²) in [4.78, 5) is 21.7. The van der Waals surface area contributed by atoms with Crippen LogP contribution in [0.25, 0.3) is 0 Å². The van der Waals surface area contributed by atoms with E-state index in [1.807, 2.05) is 0 Å². The molecule has 0 aliphatic heterocycles. The van der Waals surface area contributed by atoms with Gasteiger partial charge >= 0.3 is 5.97 Å². The number of carbonyl (C=O) groups is 2. The lowest BCUT2D eigenvalue weighted by Crippen LogP contribution is -2.31. The Morgan fingerprint density at radius 3 is 0.943 bits per heavy atom. The Kier molecular flexibility index (Phi) is 43.4. The normalized spacial score (nSPS) is 12.0. The van der Waals surface area contributed by atoms with Crippen molar-refractivity contribution in [3.63, 3.8) is 0 Å². The number of carbonyl (C=O) groups excluding carboxylic acids is 1. The second-order valence-corrected chi connectivity index (χ2v) is 11.2. The maximum atomic E-state index is 11.4. The highest BCUT2D eigenvalue weighted by Gasteiger charge is 2.03. The first-order valence-electron chi connectivity index (χ1n) is 18.6. The van der Waals surface area contributed by atoms with Crippen LogP contribution in [0.4, 0.5) is 0 Å². The highest BCUT2D eigenvalue weighted by molar-refractivity contribution is 5.77. The lowest BCUT2D eigenvalue weighted by molar-refractivity contribution is -0.143. The quantitative estimate of drug-likeness (QED) is 0.0809. The van der Waals surface area contributed by atoms with Crippen LogP contribution in [0.1, 0.15) is 20.3 Å². The third-order valence-electron chi connectivity index (χ3n) is 6.59. The molecule has 1 amide bonds. The Hall–Kier alpha value is -1.62. The maximum Gasteiger partial charge on any atom is 0.329 e. The fraction of sp³-hybridized carbons (Fsp3) is 0.943. The van der Waals surface area contributed by atoms with Crippen LogP contribution < -0.4 is 5.32 Å². The van der Waals surface area contributed by atoms with Crippen LogP contribution in [0.5, 0.6) is 0 Å². The molecular formula is C35H69NO17. The van der Waals surface area contributed by atoms with Gasteiger partial charge in [-0.3, -0.25) is 4.79 Å². The summed E-state index contributed by atoms with van der Waals surface area (Å²) in [6.45, 7) is 16.7. The first kappa shape index (κ1) is 51.4. The van der Waals surface area contributed by atoms with Crippen molar-refractivity contribution in [3.8, 4) is 0 Å². The lowest BCUT2D eigenvalue weighted by atomic mass is 10.1. The molecule has 0 bridgehead atoms. The molecule has 0 aliphatic rings. The molecule has 0 heterocycles. The number of carboxylic acids is 1. The Morgan fingerprint density at radius 1 is 0.415 bits per heavy atom. The predicted molar refractivity (Wildman–Crippen MR) is 192 cm³/mol. The number of ether oxygens (including phenoxy) is 14. The molecule has 0 saturated heterocycles. The number of amides is 1. The molecule has 18 nitrogen and oxygen atoms in total. The summed E-state index contributed by atoms with van der Waals surface area (Å²) in [5.41, 5.74) is 0. The van der Waals surface area contributed by atoms with Crippen molar-refractivity contribution in [2.45, 2.75) is 20.3 Å². The molecule has 2 N–H and O–H groups in total. The van der Waals surface area contributed by atoms with Gasteiger partial charge in [-0.05, 0) is 5.92 Å². The average Bonchev–Trinajstić information content (AvgIpc) is 3.15. The van der Waals surface area contributed by atoms with Gasteiger partial charge in [-0.15, -0.1) is 0 Å². The summed E-state index contributed by atoms with van der Waals surface area (Å²) in [6, 6.07) is 0. The van der Waals surface area contributed by atoms with Crippen molar-refractivity contribution in [1.82, 2.24) is 5.32 Å². The second-order valence-electron chi connectivity index (χ2n) is 11.2. The summed E-state index contributed by atoms with van der Waals surface area (Å²) >= 11 is 0. The van der Waals surface area contributed by atoms with Gasteiger partial charge in [0.2, 0.25) is 5.91 Å². The first-order chi connectivity index (χ1) is 26.1. The molecular weight excluding hydrogens is 706 g/mol. The van der Waals surface area contributed by atoms with E-state index in [2.05, 4.69) is 23.9 Å². The highest BCUT2D eigenvalue weighted by atomic mass is 16.6. The van der Waals surface area contributed by atoms with E-state index in [-0.39, 0.29) is 6.61 Å². The summed E-state index contributed by atoms with van der Waals surface area (Å²) < 4.78 is 75.6. The Morgan fingerprint density at radius 2 is 0.679 bits per heavy atom. The van der Waals surface area contributed by atoms with E-state index in [4.69, 9.17) is 66.7 Å². The largest absolute Gasteiger partial charge is 0.480 e. The molecule has 316 valence electrons. The van der Waals surface area contributed by atoms with Crippen molar-refractivity contribution in [2.24, 2.45) is 5.92 Å². The zero-order chi connectivity index (χ0) is 38.6. The van der Waals surface area contributed by atoms with Crippen molar-refractivity contribution in [2.75, 3.05) is 192 Å². The van der Waals surface area contributed by atoms with Gasteiger partial charge in [0.1, 0.15) is 13.2 Å². The van der Waals surface area contributed by atoms with Crippen molar-refractivity contribution < 1.29 is 81.0 Å². The molecule has 0 saturated carbocycles. The molecule has 0 aromatic heterocycles. The van der Waals surface area contributed by atoms with Crippen molar-refractivity contribution in [1.29, 1.82) is 0 Å². The standard InChI is InChI=1S/C35H69NO17/c1-3-33(2)30-52-29-28-51-27-26-50-25-24-49-23-22-48-21-20-47-19-18-46-17-16-45-15-14-44-13-12-43-11-10-42-9-8-41-7-6-40-5-4-36-34(37)31-53-32-35(38)39/h33H,3-32H2,1-2H3,(H,36,37)(H,38,39). The molecule has 0 aromatic rings. The summed E-state index contributed by atoms with van der Waals surface area (Å²) in [5.74, 6) is -0.934. The number of hydrogen-bond acceptors (Lipinski definition) is 16. The molecule has 0 radical (unpaired) electrons. The average molecular weight is 776 g/mol. The van der Waals surface area contributed by atoms with Crippen LogP contribution >= 0.6 is 0 Å². The van der Waals surface area contributed by atoms with E-state index in [0.717, 1.165) is 13.0 Å². The van der Waals surface area contributed by atoms with Gasteiger partial charge in [0.15, 0.2) is 0 Å². The fourth-order valence-electron chi connectivity index (χ4n) is 3.59. The SMILES string of the molecule is CCC(C)COCCOCCOCCOCCOCCOCCOCCOCCOCCOCCOCCOCCOCCNC(=O)COCC(=O)O. The lowest BCUT2D eigenvalue weighted by Gasteiger charge is -2.10. The molecule has 0 aliphatic carbocycles. The monoisotopic (exact) mass is 775 g/mol. The molecule has 18 heteroatoms. The Balaban J connectivity index is 3.10. The second kappa shape index (κ2) is 44.8. The third-order valence-corrected chi connectivity index (χ3v) is 6.59. The van der Waals surface area contributed by atoms with E-state index in [9.17, 15) is 9.59 Å². The van der Waals surface area contributed by atoms with Gasteiger partial charge in [-0.25, -0.2) is 4.79 Å². The van der Waals surface area contributed by atoms with E-state index < -0.39 is 18.5 Å². The van der Waals surface area contributed by atoms with Crippen LogP contribution in [0.3, 0.4) is 0 Å². The fourth-order valence-corrected chi connectivity index (χ4v) is 3.59. The first-order valence-corrected chi connectivity index (χ1v) is 18.6. The van der Waals surface area contributed by atoms with Crippen molar-refractivity contribution >= 4 is 11.9 Å². The highest BCUT2D eigenvalue weighted by Crippen LogP contribution is 2.00. The Bertz CT molecular complexity index is 755. The molecule has 0 rings (SSSR count). The van der Waals surface area contributed by atoms with Gasteiger partial charge in [0.05, 0.1) is 165 Å². The van der Waals surface area contributed by atoms with E-state index in [1.165, 1.54) is 0 Å². The molecule has 0 fully saturated rings. The molecule has 0 spiro atoms. The van der Waals surface area contributed by atoms with Crippen LogP contribution in [0.15, 0.2) is 0 Å². The molecule has 1 unspecified atom stereocenters. The number of nitrogens with one attached hydrogen (secondary N) is 1. The van der Waals surface area contributed by atoms with Gasteiger partial charge in [-0.2, -0.15) is 0 Å². The molecule has 53 heavy (non-hydrogen) atoms. The Labute approximate surface area is 315 Å². The van der Waals surface area contributed by atoms with Gasteiger partial charge in [0, 0.05) is 13.2 Å². The van der Waals surface area contributed by atoms with Gasteiger partial charge in [-0.1, -0.05) is 20.3 Å². The zero-order valence-electron chi connectivity index (χ0n) is 32.3. The number of aliphatic carboxylic acids is 1. The van der Waals surface area contributed by atoms with Gasteiger partial charge < -0.3 is 76.7 Å². The van der Waals surface area contributed by atoms with E-state index in [1.54, 1.807) is 0 Å². The van der Waals surface area contributed by atoms with E-state index >= 15 is 0 Å². The van der Waals surface area contributed by atoms with Gasteiger partial charge in [0.25, 0.3) is 0 Å². The van der Waals surface area contributed by atoms with Crippen LogP contribution in [-0.4, -0.2) is 209 Å².